The van der Waals surface area contributed by atoms with E-state index in [0.717, 1.165) is 22.7 Å². The van der Waals surface area contributed by atoms with Crippen molar-refractivity contribution in [3.63, 3.8) is 0 Å². The van der Waals surface area contributed by atoms with Crippen LogP contribution in [-0.4, -0.2) is 30.7 Å². The van der Waals surface area contributed by atoms with Crippen LogP contribution in [0.3, 0.4) is 0 Å². The van der Waals surface area contributed by atoms with Crippen LogP contribution in [-0.2, 0) is 9.84 Å². The first-order valence-corrected chi connectivity index (χ1v) is 7.57. The van der Waals surface area contributed by atoms with Crippen molar-refractivity contribution in [2.45, 2.75) is 19.1 Å². The average molecular weight is 265 g/mol. The molecular formula is C13H15NO3S. The van der Waals surface area contributed by atoms with E-state index in [2.05, 4.69) is 4.98 Å². The average Bonchev–Trinajstić information content (AvgIpc) is 2.68. The number of ketones is 1. The fourth-order valence-corrected chi connectivity index (χ4v) is 2.37. The number of aromatic nitrogens is 1. The van der Waals surface area contributed by atoms with E-state index in [4.69, 9.17) is 0 Å². The molecule has 0 spiro atoms. The van der Waals surface area contributed by atoms with E-state index in [0.29, 0.717) is 5.56 Å². The number of aryl methyl sites for hydroxylation is 1. The molecule has 96 valence electrons. The Morgan fingerprint density at radius 3 is 2.61 bits per heavy atom. The molecule has 0 aliphatic rings. The number of carbonyl (C=O) groups is 1. The van der Waals surface area contributed by atoms with Crippen molar-refractivity contribution >= 4 is 26.5 Å². The van der Waals surface area contributed by atoms with Gasteiger partial charge in [-0.3, -0.25) is 4.79 Å². The number of nitrogens with one attached hydrogen (secondary N) is 1. The van der Waals surface area contributed by atoms with Crippen LogP contribution in [0.2, 0.25) is 0 Å². The number of hydrogen-bond acceptors (Lipinski definition) is 3. The molecule has 2 aromatic rings. The molecule has 0 aliphatic carbocycles. The number of sulfone groups is 1. The number of H-pyrrole nitrogens is 1. The van der Waals surface area contributed by atoms with Crippen LogP contribution in [0.25, 0.3) is 10.9 Å². The van der Waals surface area contributed by atoms with Crippen LogP contribution in [0, 0.1) is 6.92 Å². The summed E-state index contributed by atoms with van der Waals surface area (Å²) in [7, 11) is -3.37. The number of aromatic amines is 1. The van der Waals surface area contributed by atoms with Crippen molar-refractivity contribution in [2.24, 2.45) is 0 Å². The Bertz CT molecular complexity index is 713. The molecule has 1 heterocycles. The third-order valence-corrected chi connectivity index (χ3v) is 4.61. The molecule has 2 rings (SSSR count). The lowest BCUT2D eigenvalue weighted by Crippen LogP contribution is -2.26. The van der Waals surface area contributed by atoms with E-state index >= 15 is 0 Å². The molecule has 1 aromatic heterocycles. The van der Waals surface area contributed by atoms with Gasteiger partial charge < -0.3 is 4.98 Å². The van der Waals surface area contributed by atoms with Gasteiger partial charge in [0.05, 0.1) is 0 Å². The molecule has 0 bridgehead atoms. The number of Topliss-reactive ketones (excluding diaryl/α,β-unsaturated/α-hetero) is 1. The van der Waals surface area contributed by atoms with Gasteiger partial charge in [-0.1, -0.05) is 11.6 Å². The molecule has 4 nitrogen and oxygen atoms in total. The largest absolute Gasteiger partial charge is 0.360 e. The molecule has 1 N–H and O–H groups in total. The summed E-state index contributed by atoms with van der Waals surface area (Å²) < 4.78 is 22.9. The second-order valence-corrected chi connectivity index (χ2v) is 6.95. The molecule has 0 amide bonds. The van der Waals surface area contributed by atoms with Gasteiger partial charge in [-0.15, -0.1) is 0 Å². The monoisotopic (exact) mass is 265 g/mol. The Morgan fingerprint density at radius 2 is 2.00 bits per heavy atom. The summed E-state index contributed by atoms with van der Waals surface area (Å²) in [5.74, 6) is -0.366. The first kappa shape index (κ1) is 12.8. The highest BCUT2D eigenvalue weighted by Crippen LogP contribution is 2.22. The van der Waals surface area contributed by atoms with Crippen molar-refractivity contribution in [2.75, 3.05) is 6.26 Å². The SMILES string of the molecule is Cc1ccc2[nH]cc(C(=O)C(C)S(C)(=O)=O)c2c1. The van der Waals surface area contributed by atoms with Gasteiger partial charge in [0.15, 0.2) is 15.6 Å². The third-order valence-electron chi connectivity index (χ3n) is 3.11. The molecule has 0 radical (unpaired) electrons. The van der Waals surface area contributed by atoms with Gasteiger partial charge in [0.1, 0.15) is 5.25 Å². The van der Waals surface area contributed by atoms with Gasteiger partial charge in [0.2, 0.25) is 0 Å². The Hall–Kier alpha value is -1.62. The smallest absolute Gasteiger partial charge is 0.182 e. The normalized spacial score (nSPS) is 13.7. The summed E-state index contributed by atoms with van der Waals surface area (Å²) in [5.41, 5.74) is 2.31. The highest BCUT2D eigenvalue weighted by Gasteiger charge is 2.26. The number of rotatable bonds is 3. The zero-order chi connectivity index (χ0) is 13.5. The van der Waals surface area contributed by atoms with Crippen molar-refractivity contribution in [3.8, 4) is 0 Å². The molecule has 0 saturated heterocycles. The maximum atomic E-state index is 12.2. The first-order valence-electron chi connectivity index (χ1n) is 5.61. The molecular weight excluding hydrogens is 250 g/mol. The molecule has 0 aliphatic heterocycles. The zero-order valence-corrected chi connectivity index (χ0v) is 11.3. The summed E-state index contributed by atoms with van der Waals surface area (Å²) in [6.45, 7) is 3.35. The molecule has 0 fully saturated rings. The Balaban J connectivity index is 2.55. The van der Waals surface area contributed by atoms with E-state index in [1.54, 1.807) is 6.20 Å². The van der Waals surface area contributed by atoms with Crippen LogP contribution in [0.15, 0.2) is 24.4 Å². The van der Waals surface area contributed by atoms with Gasteiger partial charge in [0.25, 0.3) is 0 Å². The maximum absolute atomic E-state index is 12.2. The third kappa shape index (κ3) is 2.18. The van der Waals surface area contributed by atoms with Crippen molar-refractivity contribution in [3.05, 3.63) is 35.5 Å². The molecule has 0 saturated carbocycles. The minimum absolute atomic E-state index is 0.366. The van der Waals surface area contributed by atoms with E-state index in [9.17, 15) is 13.2 Å². The number of hydrogen-bond donors (Lipinski definition) is 1. The summed E-state index contributed by atoms with van der Waals surface area (Å²) in [6.07, 6.45) is 2.66. The fourth-order valence-electron chi connectivity index (χ4n) is 1.85. The summed E-state index contributed by atoms with van der Waals surface area (Å²) in [4.78, 5) is 15.2. The van der Waals surface area contributed by atoms with Crippen molar-refractivity contribution in [1.29, 1.82) is 0 Å². The minimum Gasteiger partial charge on any atom is -0.360 e. The second kappa shape index (κ2) is 4.24. The predicted octanol–water partition coefficient (Wildman–Crippen LogP) is 2.09. The Kier molecular flexibility index (Phi) is 3.02. The molecule has 1 aromatic carbocycles. The second-order valence-electron chi connectivity index (χ2n) is 4.59. The molecule has 18 heavy (non-hydrogen) atoms. The lowest BCUT2D eigenvalue weighted by Gasteiger charge is -2.07. The lowest BCUT2D eigenvalue weighted by molar-refractivity contribution is 0.0993. The predicted molar refractivity (Wildman–Crippen MR) is 71.7 cm³/mol. The van der Waals surface area contributed by atoms with Crippen LogP contribution < -0.4 is 0 Å². The van der Waals surface area contributed by atoms with E-state index < -0.39 is 15.1 Å². The van der Waals surface area contributed by atoms with Crippen LogP contribution >= 0.6 is 0 Å². The Morgan fingerprint density at radius 1 is 1.33 bits per heavy atom. The van der Waals surface area contributed by atoms with Crippen molar-refractivity contribution < 1.29 is 13.2 Å². The number of carbonyl (C=O) groups excluding carboxylic acids is 1. The van der Waals surface area contributed by atoms with E-state index in [1.807, 2.05) is 25.1 Å². The number of fused-ring (bicyclic) bond motifs is 1. The highest BCUT2D eigenvalue weighted by atomic mass is 32.2. The van der Waals surface area contributed by atoms with Gasteiger partial charge in [-0.05, 0) is 26.0 Å². The van der Waals surface area contributed by atoms with E-state index in [-0.39, 0.29) is 5.78 Å². The van der Waals surface area contributed by atoms with Crippen molar-refractivity contribution in [1.82, 2.24) is 4.98 Å². The maximum Gasteiger partial charge on any atom is 0.182 e. The highest BCUT2D eigenvalue weighted by molar-refractivity contribution is 7.92. The van der Waals surface area contributed by atoms with Crippen LogP contribution in [0.5, 0.6) is 0 Å². The Labute approximate surface area is 106 Å². The minimum atomic E-state index is -3.37. The standard InChI is InChI=1S/C13H15NO3S/c1-8-4-5-12-10(6-8)11(7-14-12)13(15)9(2)18(3,16)17/h4-7,9,14H,1-3H3. The van der Waals surface area contributed by atoms with Gasteiger partial charge in [0, 0.05) is 28.9 Å². The van der Waals surface area contributed by atoms with Crippen LogP contribution in [0.1, 0.15) is 22.8 Å². The fraction of sp³-hybridized carbons (Fsp3) is 0.308. The van der Waals surface area contributed by atoms with Gasteiger partial charge in [-0.2, -0.15) is 0 Å². The molecule has 1 atom stereocenters. The quantitative estimate of drug-likeness (QED) is 0.864. The number of benzene rings is 1. The molecule has 1 unspecified atom stereocenters. The summed E-state index contributed by atoms with van der Waals surface area (Å²) in [5, 5.41) is -0.243. The summed E-state index contributed by atoms with van der Waals surface area (Å²) in [6, 6.07) is 5.70. The first-order chi connectivity index (χ1) is 8.30. The summed E-state index contributed by atoms with van der Waals surface area (Å²) >= 11 is 0. The van der Waals surface area contributed by atoms with E-state index in [1.165, 1.54) is 6.92 Å². The van der Waals surface area contributed by atoms with Gasteiger partial charge in [-0.25, -0.2) is 8.42 Å². The topological polar surface area (TPSA) is 67.0 Å². The zero-order valence-electron chi connectivity index (χ0n) is 10.5. The molecule has 5 heteroatoms. The van der Waals surface area contributed by atoms with Crippen LogP contribution in [0.4, 0.5) is 0 Å². The van der Waals surface area contributed by atoms with Gasteiger partial charge >= 0.3 is 0 Å². The lowest BCUT2D eigenvalue weighted by atomic mass is 10.1.